The van der Waals surface area contributed by atoms with Gasteiger partial charge in [0.15, 0.2) is 5.78 Å². The maximum Gasteiger partial charge on any atom is 0.407 e. The molecule has 1 aliphatic rings. The number of nitro groups is 1. The molecule has 3 rings (SSSR count). The Labute approximate surface area is 167 Å². The first-order valence-corrected chi connectivity index (χ1v) is 9.38. The second-order valence-electron chi connectivity index (χ2n) is 6.98. The van der Waals surface area contributed by atoms with Crippen molar-refractivity contribution in [2.24, 2.45) is 5.92 Å². The summed E-state index contributed by atoms with van der Waals surface area (Å²) in [7, 11) is 0. The maximum absolute atomic E-state index is 13.2. The lowest BCUT2D eigenvalue weighted by atomic mass is 9.90. The second kappa shape index (κ2) is 9.29. The lowest BCUT2D eigenvalue weighted by molar-refractivity contribution is -0.384. The van der Waals surface area contributed by atoms with Crippen molar-refractivity contribution in [3.05, 3.63) is 75.8 Å². The highest BCUT2D eigenvalue weighted by molar-refractivity contribution is 5.98. The lowest BCUT2D eigenvalue weighted by Gasteiger charge is -2.26. The molecule has 0 bridgehead atoms. The molecule has 2 aromatic carbocycles. The normalized spacial score (nSPS) is 19.4. The van der Waals surface area contributed by atoms with Crippen LogP contribution in [0.5, 0.6) is 0 Å². The second-order valence-corrected chi connectivity index (χ2v) is 6.98. The number of carbonyl (C=O) groups is 2. The van der Waals surface area contributed by atoms with Crippen LogP contribution in [-0.4, -0.2) is 46.0 Å². The van der Waals surface area contributed by atoms with Crippen molar-refractivity contribution >= 4 is 17.6 Å². The van der Waals surface area contributed by atoms with Gasteiger partial charge in [-0.3, -0.25) is 14.9 Å². The monoisotopic (exact) mass is 398 g/mol. The summed E-state index contributed by atoms with van der Waals surface area (Å²) in [4.78, 5) is 36.2. The van der Waals surface area contributed by atoms with E-state index in [0.29, 0.717) is 31.6 Å². The molecule has 0 spiro atoms. The standard InChI is InChI=1S/C21H22N2O6/c24-20(16-8-10-17(11-9-16)23(27)28)18-13-22(21(25)26)12-4-7-19(18)29-14-15-5-2-1-3-6-15/h1-3,5-6,8-11,18-19H,4,7,12-14H2,(H,25,26)/t18-,19+/m0/s1. The van der Waals surface area contributed by atoms with Gasteiger partial charge in [0.05, 0.1) is 23.6 Å². The third-order valence-corrected chi connectivity index (χ3v) is 5.06. The van der Waals surface area contributed by atoms with E-state index >= 15 is 0 Å². The molecule has 0 aromatic heterocycles. The summed E-state index contributed by atoms with van der Waals surface area (Å²) in [5, 5.41) is 20.3. The van der Waals surface area contributed by atoms with Crippen molar-refractivity contribution in [1.29, 1.82) is 0 Å². The van der Waals surface area contributed by atoms with Crippen LogP contribution in [0.2, 0.25) is 0 Å². The largest absolute Gasteiger partial charge is 0.465 e. The minimum absolute atomic E-state index is 0.0324. The van der Waals surface area contributed by atoms with Gasteiger partial charge in [0, 0.05) is 30.8 Å². The number of likely N-dealkylation sites (tertiary alicyclic amines) is 1. The van der Waals surface area contributed by atoms with Crippen molar-refractivity contribution in [1.82, 2.24) is 4.90 Å². The number of carbonyl (C=O) groups excluding carboxylic acids is 1. The first-order chi connectivity index (χ1) is 14.0. The molecule has 1 saturated heterocycles. The van der Waals surface area contributed by atoms with Crippen LogP contribution in [0.3, 0.4) is 0 Å². The predicted octanol–water partition coefficient (Wildman–Crippen LogP) is 3.75. The number of carboxylic acid groups (broad SMARTS) is 1. The van der Waals surface area contributed by atoms with E-state index in [9.17, 15) is 24.8 Å². The fourth-order valence-corrected chi connectivity index (χ4v) is 3.49. The van der Waals surface area contributed by atoms with Crippen LogP contribution < -0.4 is 0 Å². The molecule has 1 heterocycles. The topological polar surface area (TPSA) is 110 Å². The van der Waals surface area contributed by atoms with Crippen molar-refractivity contribution in [2.45, 2.75) is 25.6 Å². The summed E-state index contributed by atoms with van der Waals surface area (Å²) in [6.45, 7) is 0.692. The van der Waals surface area contributed by atoms with Crippen molar-refractivity contribution < 1.29 is 24.4 Å². The predicted molar refractivity (Wildman–Crippen MR) is 105 cm³/mol. The van der Waals surface area contributed by atoms with E-state index in [4.69, 9.17) is 4.74 Å². The fourth-order valence-electron chi connectivity index (χ4n) is 3.49. The van der Waals surface area contributed by atoms with Crippen LogP contribution in [-0.2, 0) is 11.3 Å². The third kappa shape index (κ3) is 5.17. The molecule has 0 saturated carbocycles. The minimum atomic E-state index is -1.07. The molecule has 0 aliphatic carbocycles. The van der Waals surface area contributed by atoms with Gasteiger partial charge in [-0.25, -0.2) is 4.79 Å². The number of hydrogen-bond acceptors (Lipinski definition) is 5. The molecule has 2 atom stereocenters. The Kier molecular flexibility index (Phi) is 6.56. The Morgan fingerprint density at radius 3 is 2.45 bits per heavy atom. The summed E-state index contributed by atoms with van der Waals surface area (Å²) in [6.07, 6.45) is -0.368. The minimum Gasteiger partial charge on any atom is -0.465 e. The smallest absolute Gasteiger partial charge is 0.407 e. The lowest BCUT2D eigenvalue weighted by Crippen LogP contribution is -2.40. The Hall–Kier alpha value is -3.26. The van der Waals surface area contributed by atoms with Gasteiger partial charge in [-0.15, -0.1) is 0 Å². The summed E-state index contributed by atoms with van der Waals surface area (Å²) >= 11 is 0. The fraction of sp³-hybridized carbons (Fsp3) is 0.333. The number of rotatable bonds is 6. The molecule has 1 amide bonds. The van der Waals surface area contributed by atoms with E-state index in [1.807, 2.05) is 30.3 Å². The molecule has 8 nitrogen and oxygen atoms in total. The van der Waals surface area contributed by atoms with Gasteiger partial charge < -0.3 is 14.7 Å². The molecule has 0 radical (unpaired) electrons. The number of nitro benzene ring substituents is 1. The third-order valence-electron chi connectivity index (χ3n) is 5.06. The zero-order valence-corrected chi connectivity index (χ0v) is 15.8. The van der Waals surface area contributed by atoms with Gasteiger partial charge in [0.2, 0.25) is 0 Å². The molecule has 1 fully saturated rings. The zero-order valence-electron chi connectivity index (χ0n) is 15.8. The highest BCUT2D eigenvalue weighted by Gasteiger charge is 2.35. The van der Waals surface area contributed by atoms with Gasteiger partial charge >= 0.3 is 6.09 Å². The number of nitrogens with zero attached hydrogens (tertiary/aromatic N) is 2. The Morgan fingerprint density at radius 2 is 1.83 bits per heavy atom. The Morgan fingerprint density at radius 1 is 1.14 bits per heavy atom. The van der Waals surface area contributed by atoms with Crippen molar-refractivity contribution in [3.8, 4) is 0 Å². The highest BCUT2D eigenvalue weighted by atomic mass is 16.6. The number of benzene rings is 2. The van der Waals surface area contributed by atoms with E-state index < -0.39 is 23.0 Å². The number of Topliss-reactive ketones (excluding diaryl/α,β-unsaturated/α-hetero) is 1. The molecular weight excluding hydrogens is 376 g/mol. The van der Waals surface area contributed by atoms with Gasteiger partial charge in [0.1, 0.15) is 0 Å². The van der Waals surface area contributed by atoms with Crippen LogP contribution >= 0.6 is 0 Å². The quantitative estimate of drug-likeness (QED) is 0.451. The number of amides is 1. The maximum atomic E-state index is 13.2. The molecule has 29 heavy (non-hydrogen) atoms. The van der Waals surface area contributed by atoms with Crippen LogP contribution in [0.15, 0.2) is 54.6 Å². The van der Waals surface area contributed by atoms with Crippen LogP contribution in [0.25, 0.3) is 0 Å². The van der Waals surface area contributed by atoms with Gasteiger partial charge in [-0.05, 0) is 30.5 Å². The Balaban J connectivity index is 1.81. The zero-order chi connectivity index (χ0) is 20.8. The summed E-state index contributed by atoms with van der Waals surface area (Å²) in [5.74, 6) is -0.954. The Bertz CT molecular complexity index is 868. The SMILES string of the molecule is O=C(c1ccc([N+](=O)[O-])cc1)[C@H]1CN(C(=O)O)CCC[C@H]1OCc1ccccc1. The number of hydrogen-bond donors (Lipinski definition) is 1. The van der Waals surface area contributed by atoms with Crippen LogP contribution in [0.4, 0.5) is 10.5 Å². The average Bonchev–Trinajstić information content (AvgIpc) is 2.95. The first kappa shape index (κ1) is 20.5. The molecule has 8 heteroatoms. The number of non-ortho nitro benzene ring substituents is 1. The highest BCUT2D eigenvalue weighted by Crippen LogP contribution is 2.26. The van der Waals surface area contributed by atoms with Crippen molar-refractivity contribution in [2.75, 3.05) is 13.1 Å². The van der Waals surface area contributed by atoms with E-state index in [2.05, 4.69) is 0 Å². The molecule has 2 aromatic rings. The van der Waals surface area contributed by atoms with Gasteiger partial charge in [0.25, 0.3) is 5.69 Å². The molecule has 1 N–H and O–H groups in total. The van der Waals surface area contributed by atoms with Gasteiger partial charge in [-0.1, -0.05) is 30.3 Å². The van der Waals surface area contributed by atoms with E-state index in [-0.39, 0.29) is 18.0 Å². The van der Waals surface area contributed by atoms with Gasteiger partial charge in [-0.2, -0.15) is 0 Å². The van der Waals surface area contributed by atoms with E-state index in [1.165, 1.54) is 29.2 Å². The average molecular weight is 398 g/mol. The number of ketones is 1. The molecule has 152 valence electrons. The summed E-state index contributed by atoms with van der Waals surface area (Å²) < 4.78 is 6.05. The number of ether oxygens (including phenoxy) is 1. The van der Waals surface area contributed by atoms with E-state index in [0.717, 1.165) is 5.56 Å². The summed E-state index contributed by atoms with van der Waals surface area (Å²) in [5.41, 5.74) is 1.17. The summed E-state index contributed by atoms with van der Waals surface area (Å²) in [6, 6.07) is 14.9. The molecule has 1 aliphatic heterocycles. The van der Waals surface area contributed by atoms with Crippen LogP contribution in [0.1, 0.15) is 28.8 Å². The molecular formula is C21H22N2O6. The van der Waals surface area contributed by atoms with Crippen molar-refractivity contribution in [3.63, 3.8) is 0 Å². The van der Waals surface area contributed by atoms with Crippen LogP contribution in [0, 0.1) is 16.0 Å². The molecule has 0 unspecified atom stereocenters. The van der Waals surface area contributed by atoms with E-state index in [1.54, 1.807) is 0 Å². The first-order valence-electron chi connectivity index (χ1n) is 9.38.